The molecule has 8 nitrogen and oxygen atoms in total. The average Bonchev–Trinajstić information content (AvgIpc) is 3.26. The number of urea groups is 1. The van der Waals surface area contributed by atoms with Gasteiger partial charge in [0.15, 0.2) is 9.84 Å². The number of nitrogens with zero attached hydrogens (tertiary/aromatic N) is 1. The number of fused-ring (bicyclic) bond motifs is 1. The van der Waals surface area contributed by atoms with E-state index in [1.807, 2.05) is 24.3 Å². The second-order valence-corrected chi connectivity index (χ2v) is 10.8. The summed E-state index contributed by atoms with van der Waals surface area (Å²) in [6.07, 6.45) is 2.18. The summed E-state index contributed by atoms with van der Waals surface area (Å²) in [5.41, 5.74) is 1.66. The van der Waals surface area contributed by atoms with Gasteiger partial charge in [0.2, 0.25) is 0 Å². The molecule has 0 saturated carbocycles. The predicted octanol–water partition coefficient (Wildman–Crippen LogP) is 3.51. The molecule has 0 radical (unpaired) electrons. The lowest BCUT2D eigenvalue weighted by Gasteiger charge is -2.33. The number of piperidine rings is 1. The number of nitrogens with one attached hydrogen (secondary N) is 2. The van der Waals surface area contributed by atoms with Crippen LogP contribution in [0.3, 0.4) is 0 Å². The highest BCUT2D eigenvalue weighted by molar-refractivity contribution is 7.92. The number of likely N-dealkylation sites (tertiary alicyclic amines) is 1. The number of para-hydroxylation sites is 1. The van der Waals surface area contributed by atoms with Crippen LogP contribution in [0.2, 0.25) is 0 Å². The maximum absolute atomic E-state index is 13.2. The Morgan fingerprint density at radius 3 is 2.41 bits per heavy atom. The van der Waals surface area contributed by atoms with Crippen molar-refractivity contribution in [2.45, 2.75) is 41.9 Å². The van der Waals surface area contributed by atoms with Crippen LogP contribution in [0.15, 0.2) is 59.6 Å². The minimum atomic E-state index is -3.65. The summed E-state index contributed by atoms with van der Waals surface area (Å²) in [6.45, 7) is 2.09. The number of carboxylic acids is 1. The van der Waals surface area contributed by atoms with Gasteiger partial charge in [-0.2, -0.15) is 0 Å². The first-order chi connectivity index (χ1) is 16.2. The number of amides is 2. The van der Waals surface area contributed by atoms with Crippen molar-refractivity contribution in [3.8, 4) is 0 Å². The first-order valence-electron chi connectivity index (χ1n) is 11.0. The van der Waals surface area contributed by atoms with Gasteiger partial charge in [-0.3, -0.25) is 0 Å². The number of aromatic nitrogens is 1. The Bertz CT molecular complexity index is 1300. The van der Waals surface area contributed by atoms with E-state index in [4.69, 9.17) is 0 Å². The minimum Gasteiger partial charge on any atom is -0.480 e. The van der Waals surface area contributed by atoms with Gasteiger partial charge in [0.25, 0.3) is 0 Å². The third-order valence-corrected chi connectivity index (χ3v) is 8.75. The predicted molar refractivity (Wildman–Crippen MR) is 125 cm³/mol. The molecule has 10 heteroatoms. The molecule has 1 aliphatic rings. The third-order valence-electron chi connectivity index (χ3n) is 6.47. The second-order valence-electron chi connectivity index (χ2n) is 8.53. The zero-order valence-corrected chi connectivity index (χ0v) is 19.4. The summed E-state index contributed by atoms with van der Waals surface area (Å²) >= 11 is 0. The highest BCUT2D eigenvalue weighted by atomic mass is 32.2. The molecule has 3 N–H and O–H groups in total. The number of carbonyl (C=O) groups excluding carboxylic acids is 1. The van der Waals surface area contributed by atoms with E-state index in [1.54, 1.807) is 13.1 Å². The lowest BCUT2D eigenvalue weighted by atomic mass is 9.93. The van der Waals surface area contributed by atoms with E-state index in [9.17, 15) is 27.5 Å². The van der Waals surface area contributed by atoms with Crippen molar-refractivity contribution in [1.82, 2.24) is 15.2 Å². The Hall–Kier alpha value is -3.40. The molecule has 3 aromatic rings. The molecule has 1 aromatic heterocycles. The van der Waals surface area contributed by atoms with Crippen molar-refractivity contribution >= 4 is 32.7 Å². The molecule has 2 amide bonds. The zero-order valence-electron chi connectivity index (χ0n) is 18.6. The number of rotatable bonds is 6. The summed E-state index contributed by atoms with van der Waals surface area (Å²) in [6, 6.07) is 10.5. The third kappa shape index (κ3) is 4.63. The van der Waals surface area contributed by atoms with E-state index in [2.05, 4.69) is 10.3 Å². The van der Waals surface area contributed by atoms with Gasteiger partial charge >= 0.3 is 12.0 Å². The largest absolute Gasteiger partial charge is 0.480 e. The summed E-state index contributed by atoms with van der Waals surface area (Å²) in [7, 11) is -3.65. The topological polar surface area (TPSA) is 120 Å². The average molecular weight is 488 g/mol. The molecular weight excluding hydrogens is 461 g/mol. The number of hydrogen-bond acceptors (Lipinski definition) is 4. The molecule has 1 saturated heterocycles. The van der Waals surface area contributed by atoms with Crippen molar-refractivity contribution in [1.29, 1.82) is 0 Å². The molecule has 0 bridgehead atoms. The van der Waals surface area contributed by atoms with Crippen LogP contribution in [0.1, 0.15) is 31.2 Å². The Morgan fingerprint density at radius 2 is 1.76 bits per heavy atom. The molecule has 2 heterocycles. The van der Waals surface area contributed by atoms with Gasteiger partial charge in [0, 0.05) is 36.1 Å². The van der Waals surface area contributed by atoms with Crippen LogP contribution < -0.4 is 5.32 Å². The van der Waals surface area contributed by atoms with E-state index in [0.717, 1.165) is 28.6 Å². The molecule has 0 aliphatic carbocycles. The number of carboxylic acid groups (broad SMARTS) is 1. The van der Waals surface area contributed by atoms with Crippen LogP contribution in [0.5, 0.6) is 0 Å². The molecule has 1 aliphatic heterocycles. The van der Waals surface area contributed by atoms with Gasteiger partial charge in [-0.25, -0.2) is 22.4 Å². The molecule has 2 atom stereocenters. The fraction of sp³-hybridized carbons (Fsp3) is 0.333. The number of aromatic amines is 1. The molecule has 2 aromatic carbocycles. The molecule has 0 spiro atoms. The van der Waals surface area contributed by atoms with Gasteiger partial charge in [0.1, 0.15) is 11.9 Å². The van der Waals surface area contributed by atoms with Gasteiger partial charge in [0.05, 0.1) is 10.1 Å². The first-order valence-corrected chi connectivity index (χ1v) is 12.6. The number of halogens is 1. The van der Waals surface area contributed by atoms with E-state index >= 15 is 0 Å². The summed E-state index contributed by atoms with van der Waals surface area (Å²) in [4.78, 5) is 29.5. The Kier molecular flexibility index (Phi) is 6.60. The van der Waals surface area contributed by atoms with Gasteiger partial charge in [-0.1, -0.05) is 25.1 Å². The van der Waals surface area contributed by atoms with Crippen LogP contribution in [0.25, 0.3) is 10.9 Å². The second kappa shape index (κ2) is 9.46. The fourth-order valence-electron chi connectivity index (χ4n) is 4.46. The number of sulfone groups is 1. The van der Waals surface area contributed by atoms with Crippen LogP contribution in [0.4, 0.5) is 9.18 Å². The van der Waals surface area contributed by atoms with Gasteiger partial charge < -0.3 is 20.3 Å². The fourth-order valence-corrected chi connectivity index (χ4v) is 6.19. The van der Waals surface area contributed by atoms with Crippen molar-refractivity contribution < 1.29 is 27.5 Å². The van der Waals surface area contributed by atoms with Crippen LogP contribution >= 0.6 is 0 Å². The molecule has 0 unspecified atom stereocenters. The molecular formula is C24H26FN3O5S. The maximum Gasteiger partial charge on any atom is 0.326 e. The minimum absolute atomic E-state index is 0.0512. The van der Waals surface area contributed by atoms with E-state index < -0.39 is 44.9 Å². The highest BCUT2D eigenvalue weighted by Gasteiger charge is 2.35. The SMILES string of the molecule is C[C@@H](c1c[nH]c2ccccc12)[C@@H](NC(=O)N1CCC(S(=O)(=O)c2ccc(F)cc2)CC1)C(=O)O. The van der Waals surface area contributed by atoms with Crippen molar-refractivity contribution in [2.75, 3.05) is 13.1 Å². The Balaban J connectivity index is 1.42. The first kappa shape index (κ1) is 23.7. The summed E-state index contributed by atoms with van der Waals surface area (Å²) in [5.74, 6) is -2.17. The van der Waals surface area contributed by atoms with E-state index in [-0.39, 0.29) is 30.8 Å². The monoisotopic (exact) mass is 487 g/mol. The number of benzene rings is 2. The summed E-state index contributed by atoms with van der Waals surface area (Å²) < 4.78 is 38.8. The highest BCUT2D eigenvalue weighted by Crippen LogP contribution is 2.29. The lowest BCUT2D eigenvalue weighted by molar-refractivity contribution is -0.139. The maximum atomic E-state index is 13.2. The molecule has 34 heavy (non-hydrogen) atoms. The standard InChI is InChI=1S/C24H26FN3O5S/c1-15(20-14-26-21-5-3-2-4-19(20)21)22(23(29)30)27-24(31)28-12-10-18(11-13-28)34(32,33)17-8-6-16(25)7-9-17/h2-9,14-15,18,22,26H,10-13H2,1H3,(H,27,31)(H,29,30)/t15-,22+/m0/s1. The normalized spacial score (nSPS) is 16.8. The Labute approximate surface area is 196 Å². The van der Waals surface area contributed by atoms with Crippen LogP contribution in [-0.4, -0.2) is 59.8 Å². The molecule has 180 valence electrons. The summed E-state index contributed by atoms with van der Waals surface area (Å²) in [5, 5.41) is 12.6. The lowest BCUT2D eigenvalue weighted by Crippen LogP contribution is -2.52. The number of aliphatic carboxylic acids is 1. The smallest absolute Gasteiger partial charge is 0.326 e. The van der Waals surface area contributed by atoms with E-state index in [1.165, 1.54) is 17.0 Å². The van der Waals surface area contributed by atoms with Crippen molar-refractivity contribution in [3.05, 3.63) is 66.1 Å². The Morgan fingerprint density at radius 1 is 1.12 bits per heavy atom. The van der Waals surface area contributed by atoms with Crippen molar-refractivity contribution in [2.24, 2.45) is 0 Å². The molecule has 4 rings (SSSR count). The number of H-pyrrole nitrogens is 1. The van der Waals surface area contributed by atoms with Gasteiger partial charge in [-0.05, 0) is 48.7 Å². The quantitative estimate of drug-likeness (QED) is 0.460. The molecule has 1 fully saturated rings. The van der Waals surface area contributed by atoms with Crippen LogP contribution in [-0.2, 0) is 14.6 Å². The number of hydrogen-bond donors (Lipinski definition) is 3. The number of carbonyl (C=O) groups is 2. The van der Waals surface area contributed by atoms with Crippen molar-refractivity contribution in [3.63, 3.8) is 0 Å². The van der Waals surface area contributed by atoms with E-state index in [0.29, 0.717) is 0 Å². The zero-order chi connectivity index (χ0) is 24.5. The van der Waals surface area contributed by atoms with Crippen LogP contribution in [0, 0.1) is 5.82 Å². The van der Waals surface area contributed by atoms with Gasteiger partial charge in [-0.15, -0.1) is 0 Å².